The van der Waals surface area contributed by atoms with Crippen molar-refractivity contribution in [3.63, 3.8) is 0 Å². The van der Waals surface area contributed by atoms with Crippen LogP contribution in [0.1, 0.15) is 36.8 Å². The minimum atomic E-state index is 0.334. The molecule has 2 aliphatic rings. The molecule has 0 saturated heterocycles. The van der Waals surface area contributed by atoms with Crippen LogP contribution < -0.4 is 15.4 Å². The number of aryl methyl sites for hydroxylation is 2. The molecular weight excluding hydrogens is 384 g/mol. The lowest BCUT2D eigenvalue weighted by Crippen LogP contribution is -2.12. The average molecular weight is 407 g/mol. The predicted octanol–water partition coefficient (Wildman–Crippen LogP) is 6.04. The zero-order chi connectivity index (χ0) is 19.6. The van der Waals surface area contributed by atoms with Crippen molar-refractivity contribution in [3.05, 3.63) is 64.8 Å². The Morgan fingerprint density at radius 1 is 0.966 bits per heavy atom. The van der Waals surface area contributed by atoms with Gasteiger partial charge in [-0.3, -0.25) is 0 Å². The number of aromatic nitrogens is 2. The van der Waals surface area contributed by atoms with Gasteiger partial charge in [0, 0.05) is 11.4 Å². The highest BCUT2D eigenvalue weighted by Gasteiger charge is 2.19. The number of nitrogens with one attached hydrogen (secondary N) is 2. The van der Waals surface area contributed by atoms with Crippen LogP contribution in [0.15, 0.2) is 48.7 Å². The number of nitrogens with zero attached hydrogens (tertiary/aromatic N) is 2. The molecular formula is C23H23ClN4O. The molecule has 5 nitrogen and oxygen atoms in total. The Balaban J connectivity index is 1.54. The van der Waals surface area contributed by atoms with E-state index in [0.717, 1.165) is 42.8 Å². The van der Waals surface area contributed by atoms with Crippen LogP contribution in [0.4, 0.5) is 23.1 Å². The van der Waals surface area contributed by atoms with Crippen LogP contribution in [0.3, 0.4) is 0 Å². The second kappa shape index (κ2) is 7.91. The smallest absolute Gasteiger partial charge is 0.229 e. The minimum Gasteiger partial charge on any atom is -0.490 e. The minimum absolute atomic E-state index is 0.334. The van der Waals surface area contributed by atoms with Gasteiger partial charge < -0.3 is 15.4 Å². The van der Waals surface area contributed by atoms with Gasteiger partial charge in [0.05, 0.1) is 12.3 Å². The lowest BCUT2D eigenvalue weighted by molar-refractivity contribution is 0.208. The van der Waals surface area contributed by atoms with E-state index >= 15 is 0 Å². The van der Waals surface area contributed by atoms with Gasteiger partial charge in [0.15, 0.2) is 5.82 Å². The average Bonchev–Trinajstić information content (AvgIpc) is 3.23. The van der Waals surface area contributed by atoms with Gasteiger partial charge in [0.25, 0.3) is 0 Å². The molecule has 1 saturated carbocycles. The van der Waals surface area contributed by atoms with Gasteiger partial charge in [-0.05, 0) is 80.0 Å². The molecule has 2 aromatic carbocycles. The Bertz CT molecular complexity index is 1030. The van der Waals surface area contributed by atoms with E-state index in [0.29, 0.717) is 22.9 Å². The van der Waals surface area contributed by atoms with E-state index < -0.39 is 0 Å². The van der Waals surface area contributed by atoms with Crippen molar-refractivity contribution in [2.24, 2.45) is 0 Å². The maximum atomic E-state index is 6.37. The molecule has 0 spiro atoms. The SMILES string of the molecule is Clc1cnc2nc1Nc1ccc(OC3CCCC3)c(c1)CCc1cccc(c1)N2. The first-order chi connectivity index (χ1) is 14.2. The number of rotatable bonds is 2. The van der Waals surface area contributed by atoms with Gasteiger partial charge in [-0.25, -0.2) is 4.98 Å². The Labute approximate surface area is 175 Å². The normalized spacial score (nSPS) is 16.0. The van der Waals surface area contributed by atoms with Gasteiger partial charge in [-0.2, -0.15) is 4.98 Å². The Hall–Kier alpha value is -2.79. The maximum Gasteiger partial charge on any atom is 0.229 e. The monoisotopic (exact) mass is 406 g/mol. The number of anilines is 4. The van der Waals surface area contributed by atoms with E-state index in [9.17, 15) is 0 Å². The lowest BCUT2D eigenvalue weighted by atomic mass is 10.0. The fraction of sp³-hybridized carbons (Fsp3) is 0.304. The van der Waals surface area contributed by atoms with Crippen LogP contribution in [0.2, 0.25) is 5.02 Å². The highest BCUT2D eigenvalue weighted by molar-refractivity contribution is 6.32. The summed E-state index contributed by atoms with van der Waals surface area (Å²) in [5.74, 6) is 2.07. The second-order valence-corrected chi connectivity index (χ2v) is 8.09. The number of ether oxygens (including phenoxy) is 1. The topological polar surface area (TPSA) is 59.1 Å². The summed E-state index contributed by atoms with van der Waals surface area (Å²) in [7, 11) is 0. The van der Waals surface area contributed by atoms with Gasteiger partial charge in [0.1, 0.15) is 10.8 Å². The van der Waals surface area contributed by atoms with Crippen molar-refractivity contribution >= 4 is 34.7 Å². The molecule has 6 heteroatoms. The zero-order valence-corrected chi connectivity index (χ0v) is 16.9. The molecule has 2 heterocycles. The van der Waals surface area contributed by atoms with Gasteiger partial charge in [-0.1, -0.05) is 23.7 Å². The van der Waals surface area contributed by atoms with Gasteiger partial charge >= 0.3 is 0 Å². The third-order valence-corrected chi connectivity index (χ3v) is 5.81. The molecule has 6 bridgehead atoms. The fourth-order valence-electron chi connectivity index (χ4n) is 4.02. The lowest BCUT2D eigenvalue weighted by Gasteiger charge is -2.18. The van der Waals surface area contributed by atoms with Crippen molar-refractivity contribution in [2.75, 3.05) is 10.6 Å². The van der Waals surface area contributed by atoms with Crippen LogP contribution in [0.5, 0.6) is 5.75 Å². The van der Waals surface area contributed by atoms with Crippen molar-refractivity contribution in [3.8, 4) is 5.75 Å². The van der Waals surface area contributed by atoms with Crippen LogP contribution in [-0.4, -0.2) is 16.1 Å². The standard InChI is InChI=1S/C23H23ClN4O/c24-20-14-25-23-27-17-5-3-4-15(12-17)8-9-16-13-18(26-22(20)28-23)10-11-21(16)29-19-6-1-2-7-19/h3-5,10-14,19H,1-2,6-9H2,(H2,25,26,27,28). The molecule has 1 fully saturated rings. The number of fused-ring (bicyclic) bond motifs is 6. The van der Waals surface area contributed by atoms with Gasteiger partial charge in [-0.15, -0.1) is 0 Å². The molecule has 5 rings (SSSR count). The maximum absolute atomic E-state index is 6.37. The van der Waals surface area contributed by atoms with E-state index in [4.69, 9.17) is 16.3 Å². The third kappa shape index (κ3) is 4.15. The number of hydrogen-bond donors (Lipinski definition) is 2. The van der Waals surface area contributed by atoms with E-state index in [1.807, 2.05) is 12.1 Å². The molecule has 0 amide bonds. The summed E-state index contributed by atoms with van der Waals surface area (Å²) in [5, 5.41) is 7.09. The fourth-order valence-corrected chi connectivity index (χ4v) is 4.16. The summed E-state index contributed by atoms with van der Waals surface area (Å²) in [6.07, 6.45) is 8.58. The summed E-state index contributed by atoms with van der Waals surface area (Å²) in [5.41, 5.74) is 4.36. The van der Waals surface area contributed by atoms with Crippen molar-refractivity contribution in [1.82, 2.24) is 9.97 Å². The molecule has 0 radical (unpaired) electrons. The number of hydrogen-bond acceptors (Lipinski definition) is 5. The van der Waals surface area contributed by atoms with Crippen LogP contribution >= 0.6 is 11.6 Å². The van der Waals surface area contributed by atoms with Gasteiger partial charge in [0.2, 0.25) is 5.95 Å². The molecule has 29 heavy (non-hydrogen) atoms. The highest BCUT2D eigenvalue weighted by atomic mass is 35.5. The first kappa shape index (κ1) is 18.3. The van der Waals surface area contributed by atoms with Crippen LogP contribution in [0, 0.1) is 0 Å². The molecule has 1 aromatic heterocycles. The molecule has 2 N–H and O–H groups in total. The quantitative estimate of drug-likeness (QED) is 0.543. The predicted molar refractivity (Wildman–Crippen MR) is 117 cm³/mol. The third-order valence-electron chi connectivity index (χ3n) is 5.53. The highest BCUT2D eigenvalue weighted by Crippen LogP contribution is 2.32. The van der Waals surface area contributed by atoms with Crippen molar-refractivity contribution < 1.29 is 4.74 Å². The Morgan fingerprint density at radius 3 is 2.72 bits per heavy atom. The van der Waals surface area contributed by atoms with Crippen LogP contribution in [-0.2, 0) is 12.8 Å². The summed E-state index contributed by atoms with van der Waals surface area (Å²) in [4.78, 5) is 8.85. The first-order valence-corrected chi connectivity index (χ1v) is 10.6. The molecule has 3 aromatic rings. The largest absolute Gasteiger partial charge is 0.490 e. The number of halogens is 1. The summed E-state index contributed by atoms with van der Waals surface area (Å²) < 4.78 is 6.37. The zero-order valence-electron chi connectivity index (χ0n) is 16.1. The molecule has 1 aliphatic heterocycles. The summed E-state index contributed by atoms with van der Waals surface area (Å²) in [6, 6.07) is 14.6. The van der Waals surface area contributed by atoms with Crippen molar-refractivity contribution in [1.29, 1.82) is 0 Å². The van der Waals surface area contributed by atoms with E-state index in [-0.39, 0.29) is 0 Å². The summed E-state index contributed by atoms with van der Waals surface area (Å²) >= 11 is 6.34. The Kier molecular flexibility index (Phi) is 4.98. The molecule has 1 aliphatic carbocycles. The van der Waals surface area contributed by atoms with E-state index in [1.165, 1.54) is 24.0 Å². The Morgan fingerprint density at radius 2 is 1.83 bits per heavy atom. The first-order valence-electron chi connectivity index (χ1n) is 10.2. The van der Waals surface area contributed by atoms with Crippen LogP contribution in [0.25, 0.3) is 0 Å². The van der Waals surface area contributed by atoms with E-state index in [2.05, 4.69) is 50.9 Å². The molecule has 0 atom stereocenters. The van der Waals surface area contributed by atoms with Crippen molar-refractivity contribution in [2.45, 2.75) is 44.6 Å². The molecule has 148 valence electrons. The summed E-state index contributed by atoms with van der Waals surface area (Å²) in [6.45, 7) is 0. The molecule has 0 unspecified atom stereocenters. The van der Waals surface area contributed by atoms with E-state index in [1.54, 1.807) is 6.20 Å². The second-order valence-electron chi connectivity index (χ2n) is 7.69. The number of benzene rings is 2.